The number of carbonyl (C=O) groups is 1. The average molecular weight is 397 g/mol. The molecule has 7 heteroatoms. The summed E-state index contributed by atoms with van der Waals surface area (Å²) in [4.78, 5) is 19.5. The topological polar surface area (TPSA) is 75.0 Å². The first-order valence-electron chi connectivity index (χ1n) is 10.0. The predicted octanol–water partition coefficient (Wildman–Crippen LogP) is 4.64. The quantitative estimate of drug-likeness (QED) is 0.650. The van der Waals surface area contributed by atoms with Crippen molar-refractivity contribution in [2.24, 2.45) is 5.41 Å². The lowest BCUT2D eigenvalue weighted by Crippen LogP contribution is -2.42. The molecule has 0 bridgehead atoms. The van der Waals surface area contributed by atoms with Crippen LogP contribution < -0.4 is 0 Å². The standard InChI is InChI=1S/C21H24N4O2S/c26-19(25-11-9-21(10-12-25)7-3-4-8-21)18-16(13-28-20-22-14-23-24-20)15-5-1-2-6-17(15)27-18/h1-2,5-6,14H,3-4,7-13H2,(H,22,23,24). The Bertz CT molecular complexity index is 966. The number of nitrogens with one attached hydrogen (secondary N) is 1. The summed E-state index contributed by atoms with van der Waals surface area (Å²) in [6.07, 6.45) is 9.11. The first kappa shape index (κ1) is 17.8. The minimum absolute atomic E-state index is 0.0252. The molecule has 2 aromatic heterocycles. The number of thioether (sulfide) groups is 1. The van der Waals surface area contributed by atoms with Crippen molar-refractivity contribution in [1.29, 1.82) is 0 Å². The summed E-state index contributed by atoms with van der Waals surface area (Å²) in [7, 11) is 0. The van der Waals surface area contributed by atoms with Crippen molar-refractivity contribution in [3.63, 3.8) is 0 Å². The van der Waals surface area contributed by atoms with E-state index in [2.05, 4.69) is 15.2 Å². The van der Waals surface area contributed by atoms with Crippen molar-refractivity contribution in [2.75, 3.05) is 13.1 Å². The molecule has 6 nitrogen and oxygen atoms in total. The molecule has 1 saturated heterocycles. The summed E-state index contributed by atoms with van der Waals surface area (Å²) in [6, 6.07) is 7.88. The van der Waals surface area contributed by atoms with Gasteiger partial charge in [0.15, 0.2) is 10.9 Å². The zero-order chi connectivity index (χ0) is 19.0. The number of furan rings is 1. The number of aromatic nitrogens is 3. The monoisotopic (exact) mass is 396 g/mol. The van der Waals surface area contributed by atoms with Crippen LogP contribution in [0.5, 0.6) is 0 Å². The van der Waals surface area contributed by atoms with Gasteiger partial charge in [0.2, 0.25) is 0 Å². The lowest BCUT2D eigenvalue weighted by atomic mass is 9.77. The highest BCUT2D eigenvalue weighted by atomic mass is 32.2. The summed E-state index contributed by atoms with van der Waals surface area (Å²) < 4.78 is 6.05. The highest BCUT2D eigenvalue weighted by Crippen LogP contribution is 2.46. The molecule has 1 spiro atoms. The Hall–Kier alpha value is -2.28. The first-order chi connectivity index (χ1) is 13.7. The van der Waals surface area contributed by atoms with Crippen LogP contribution in [-0.4, -0.2) is 39.1 Å². The maximum atomic E-state index is 13.3. The number of hydrogen-bond acceptors (Lipinski definition) is 5. The predicted molar refractivity (Wildman–Crippen MR) is 108 cm³/mol. The number of piperidine rings is 1. The number of nitrogens with zero attached hydrogens (tertiary/aromatic N) is 3. The van der Waals surface area contributed by atoms with Gasteiger partial charge in [0.1, 0.15) is 11.9 Å². The molecule has 28 heavy (non-hydrogen) atoms. The molecule has 1 saturated carbocycles. The summed E-state index contributed by atoms with van der Waals surface area (Å²) in [5.74, 6) is 1.12. The maximum Gasteiger partial charge on any atom is 0.289 e. The second-order valence-corrected chi connectivity index (χ2v) is 8.95. The third-order valence-corrected chi connectivity index (χ3v) is 7.32. The van der Waals surface area contributed by atoms with Crippen LogP contribution in [0, 0.1) is 5.41 Å². The Morgan fingerprint density at radius 3 is 2.71 bits per heavy atom. The fourth-order valence-corrected chi connectivity index (χ4v) is 5.58. The van der Waals surface area contributed by atoms with E-state index in [1.807, 2.05) is 29.2 Å². The summed E-state index contributed by atoms with van der Waals surface area (Å²) in [5.41, 5.74) is 2.21. The first-order valence-corrected chi connectivity index (χ1v) is 11.0. The second-order valence-electron chi connectivity index (χ2n) is 7.98. The molecule has 0 atom stereocenters. The Labute approximate surface area is 168 Å². The number of rotatable bonds is 4. The normalized spacial score (nSPS) is 18.9. The molecule has 0 radical (unpaired) electrons. The number of benzene rings is 1. The SMILES string of the molecule is O=C(c1oc2ccccc2c1CSc1ncn[nH]1)N1CCC2(CCCC2)CC1. The third-order valence-electron chi connectivity index (χ3n) is 6.41. The Morgan fingerprint density at radius 2 is 1.96 bits per heavy atom. The van der Waals surface area contributed by atoms with Gasteiger partial charge in [0, 0.05) is 29.8 Å². The molecule has 146 valence electrons. The average Bonchev–Trinajstić information content (AvgIpc) is 3.47. The second kappa shape index (κ2) is 7.28. The maximum absolute atomic E-state index is 13.3. The van der Waals surface area contributed by atoms with Crippen LogP contribution in [0.4, 0.5) is 0 Å². The zero-order valence-corrected chi connectivity index (χ0v) is 16.6. The minimum Gasteiger partial charge on any atom is -0.451 e. The molecule has 2 fully saturated rings. The molecule has 1 N–H and O–H groups in total. The lowest BCUT2D eigenvalue weighted by Gasteiger charge is -2.39. The van der Waals surface area contributed by atoms with Gasteiger partial charge in [-0.25, -0.2) is 4.98 Å². The Morgan fingerprint density at radius 1 is 1.18 bits per heavy atom. The van der Waals surface area contributed by atoms with Crippen LogP contribution in [0.25, 0.3) is 11.0 Å². The van der Waals surface area contributed by atoms with Crippen molar-refractivity contribution in [1.82, 2.24) is 20.1 Å². The number of H-pyrrole nitrogens is 1. The smallest absolute Gasteiger partial charge is 0.289 e. The van der Waals surface area contributed by atoms with Gasteiger partial charge in [0.05, 0.1) is 0 Å². The van der Waals surface area contributed by atoms with Crippen LogP contribution in [0.1, 0.15) is 54.6 Å². The van der Waals surface area contributed by atoms with Crippen LogP contribution in [0.2, 0.25) is 0 Å². The van der Waals surface area contributed by atoms with Crippen molar-refractivity contribution >= 4 is 28.6 Å². The number of amides is 1. The number of carbonyl (C=O) groups excluding carboxylic acids is 1. The van der Waals surface area contributed by atoms with Crippen LogP contribution >= 0.6 is 11.8 Å². The van der Waals surface area contributed by atoms with Crippen molar-refractivity contribution in [2.45, 2.75) is 49.4 Å². The van der Waals surface area contributed by atoms with Crippen LogP contribution in [0.3, 0.4) is 0 Å². The van der Waals surface area contributed by atoms with Gasteiger partial charge in [-0.3, -0.25) is 9.89 Å². The largest absolute Gasteiger partial charge is 0.451 e. The van der Waals surface area contributed by atoms with Gasteiger partial charge < -0.3 is 9.32 Å². The van der Waals surface area contributed by atoms with Gasteiger partial charge in [-0.05, 0) is 37.2 Å². The lowest BCUT2D eigenvalue weighted by molar-refractivity contribution is 0.0558. The molecule has 1 amide bonds. The fourth-order valence-electron chi connectivity index (χ4n) is 4.77. The molecule has 0 unspecified atom stereocenters. The van der Waals surface area contributed by atoms with Gasteiger partial charge in [-0.1, -0.05) is 42.8 Å². The van der Waals surface area contributed by atoms with E-state index in [1.54, 1.807) is 0 Å². The van der Waals surface area contributed by atoms with E-state index >= 15 is 0 Å². The van der Waals surface area contributed by atoms with Gasteiger partial charge >= 0.3 is 0 Å². The highest BCUT2D eigenvalue weighted by molar-refractivity contribution is 7.98. The zero-order valence-electron chi connectivity index (χ0n) is 15.8. The van der Waals surface area contributed by atoms with E-state index in [0.717, 1.165) is 47.6 Å². The van der Waals surface area contributed by atoms with E-state index in [0.29, 0.717) is 16.9 Å². The summed E-state index contributed by atoms with van der Waals surface area (Å²) >= 11 is 1.53. The number of hydrogen-bond donors (Lipinski definition) is 1. The molecular weight excluding hydrogens is 372 g/mol. The number of para-hydroxylation sites is 1. The molecule has 1 aromatic carbocycles. The minimum atomic E-state index is 0.0252. The van der Waals surface area contributed by atoms with E-state index < -0.39 is 0 Å². The molecule has 1 aliphatic heterocycles. The van der Waals surface area contributed by atoms with E-state index in [-0.39, 0.29) is 5.91 Å². The molecule has 3 aromatic rings. The highest BCUT2D eigenvalue weighted by Gasteiger charge is 2.39. The molecule has 1 aliphatic carbocycles. The van der Waals surface area contributed by atoms with E-state index in [4.69, 9.17) is 4.42 Å². The number of likely N-dealkylation sites (tertiary alicyclic amines) is 1. The van der Waals surface area contributed by atoms with Crippen molar-refractivity contribution < 1.29 is 9.21 Å². The number of fused-ring (bicyclic) bond motifs is 1. The van der Waals surface area contributed by atoms with Crippen LogP contribution in [-0.2, 0) is 5.75 Å². The molecule has 2 aliphatic rings. The van der Waals surface area contributed by atoms with E-state index in [1.165, 1.54) is 43.8 Å². The summed E-state index contributed by atoms with van der Waals surface area (Å²) in [5, 5.41) is 8.50. The van der Waals surface area contributed by atoms with Crippen molar-refractivity contribution in [3.8, 4) is 0 Å². The molecule has 5 rings (SSSR count). The Kier molecular flexibility index (Phi) is 4.62. The number of aromatic amines is 1. The van der Waals surface area contributed by atoms with Gasteiger partial charge in [-0.15, -0.1) is 0 Å². The molecule has 3 heterocycles. The summed E-state index contributed by atoms with van der Waals surface area (Å²) in [6.45, 7) is 1.68. The fraction of sp³-hybridized carbons (Fsp3) is 0.476. The van der Waals surface area contributed by atoms with Gasteiger partial charge in [-0.2, -0.15) is 5.10 Å². The molecular formula is C21H24N4O2S. The van der Waals surface area contributed by atoms with Gasteiger partial charge in [0.25, 0.3) is 5.91 Å². The van der Waals surface area contributed by atoms with Crippen molar-refractivity contribution in [3.05, 3.63) is 41.9 Å². The van der Waals surface area contributed by atoms with Crippen LogP contribution in [0.15, 0.2) is 40.2 Å². The third kappa shape index (κ3) is 3.21. The Balaban J connectivity index is 1.39. The van der Waals surface area contributed by atoms with E-state index in [9.17, 15) is 4.79 Å².